The first-order valence-corrected chi connectivity index (χ1v) is 6.04. The van der Waals surface area contributed by atoms with Crippen molar-refractivity contribution in [3.63, 3.8) is 0 Å². The van der Waals surface area contributed by atoms with E-state index >= 15 is 0 Å². The maximum Gasteiger partial charge on any atom is 0.326 e. The number of Topliss-reactive ketones (excluding diaryl/α,β-unsaturated/α-hetero) is 1. The molecule has 1 aromatic rings. The number of ketones is 1. The molecule has 1 amide bonds. The summed E-state index contributed by atoms with van der Waals surface area (Å²) in [5, 5.41) is 17.9. The van der Waals surface area contributed by atoms with Gasteiger partial charge in [-0.25, -0.2) is 4.79 Å². The second-order valence-corrected chi connectivity index (χ2v) is 4.60. The number of carboxylic acids is 1. The Morgan fingerprint density at radius 1 is 1.35 bits per heavy atom. The van der Waals surface area contributed by atoms with E-state index in [2.05, 4.69) is 0 Å². The van der Waals surface area contributed by atoms with Crippen LogP contribution >= 0.6 is 0 Å². The van der Waals surface area contributed by atoms with Crippen LogP contribution in [-0.4, -0.2) is 40.3 Å². The molecule has 1 heterocycles. The van der Waals surface area contributed by atoms with E-state index in [1.54, 1.807) is 24.3 Å². The lowest BCUT2D eigenvalue weighted by atomic mass is 10.0. The van der Waals surface area contributed by atoms with Gasteiger partial charge in [0.05, 0.1) is 24.6 Å². The Kier molecular flexibility index (Phi) is 3.80. The monoisotopic (exact) mass is 272 g/mol. The topological polar surface area (TPSA) is 98.5 Å². The molecule has 1 N–H and O–H groups in total. The van der Waals surface area contributed by atoms with E-state index in [-0.39, 0.29) is 25.2 Å². The molecule has 6 nitrogen and oxygen atoms in total. The molecule has 1 fully saturated rings. The van der Waals surface area contributed by atoms with E-state index in [1.165, 1.54) is 0 Å². The zero-order valence-corrected chi connectivity index (χ0v) is 10.6. The van der Waals surface area contributed by atoms with Crippen LogP contribution in [0.2, 0.25) is 0 Å². The highest BCUT2D eigenvalue weighted by atomic mass is 16.4. The Morgan fingerprint density at radius 3 is 2.45 bits per heavy atom. The number of amides is 1. The molecule has 0 bridgehead atoms. The highest BCUT2D eigenvalue weighted by molar-refractivity contribution is 6.06. The molecular formula is C14H12N2O4. The van der Waals surface area contributed by atoms with E-state index in [9.17, 15) is 19.5 Å². The fourth-order valence-corrected chi connectivity index (χ4v) is 2.16. The van der Waals surface area contributed by atoms with Gasteiger partial charge in [0.25, 0.3) is 0 Å². The molecule has 1 saturated heterocycles. The predicted molar refractivity (Wildman–Crippen MR) is 67.6 cm³/mol. The van der Waals surface area contributed by atoms with E-state index in [1.807, 2.05) is 6.07 Å². The SMILES string of the molecule is N#Cc1ccc(C[C@@H](C(=O)O)N2CC(=O)CC2=O)cc1. The number of carboxylic acid groups (broad SMARTS) is 1. The molecular weight excluding hydrogens is 260 g/mol. The number of rotatable bonds is 4. The molecule has 0 saturated carbocycles. The number of likely N-dealkylation sites (tertiary alicyclic amines) is 1. The molecule has 0 radical (unpaired) electrons. The van der Waals surface area contributed by atoms with Gasteiger partial charge in [-0.1, -0.05) is 12.1 Å². The normalized spacial score (nSPS) is 16.1. The smallest absolute Gasteiger partial charge is 0.326 e. The van der Waals surface area contributed by atoms with Gasteiger partial charge < -0.3 is 10.0 Å². The zero-order valence-electron chi connectivity index (χ0n) is 10.6. The van der Waals surface area contributed by atoms with Gasteiger partial charge in [-0.05, 0) is 17.7 Å². The molecule has 0 aliphatic carbocycles. The molecule has 2 rings (SSSR count). The maximum absolute atomic E-state index is 11.6. The highest BCUT2D eigenvalue weighted by Gasteiger charge is 2.36. The standard InChI is InChI=1S/C14H12N2O4/c15-7-10-3-1-9(2-4-10)5-12(14(19)20)16-8-11(17)6-13(16)18/h1-4,12H,5-6,8H2,(H,19,20)/t12-/m0/s1. The van der Waals surface area contributed by atoms with Gasteiger partial charge in [0.1, 0.15) is 6.04 Å². The Balaban J connectivity index is 2.17. The maximum atomic E-state index is 11.6. The molecule has 0 unspecified atom stereocenters. The van der Waals surface area contributed by atoms with Crippen molar-refractivity contribution in [2.24, 2.45) is 0 Å². The molecule has 1 aromatic carbocycles. The second kappa shape index (κ2) is 5.53. The van der Waals surface area contributed by atoms with Crippen LogP contribution in [-0.2, 0) is 20.8 Å². The van der Waals surface area contributed by atoms with Gasteiger partial charge in [-0.3, -0.25) is 9.59 Å². The van der Waals surface area contributed by atoms with Crippen LogP contribution in [0, 0.1) is 11.3 Å². The minimum atomic E-state index is -1.14. The highest BCUT2D eigenvalue weighted by Crippen LogP contribution is 2.16. The molecule has 1 aliphatic rings. The first-order valence-electron chi connectivity index (χ1n) is 6.04. The number of carbonyl (C=O) groups excluding carboxylic acids is 2. The minimum Gasteiger partial charge on any atom is -0.480 e. The third-order valence-electron chi connectivity index (χ3n) is 3.19. The van der Waals surface area contributed by atoms with E-state index in [0.29, 0.717) is 11.1 Å². The summed E-state index contributed by atoms with van der Waals surface area (Å²) in [6.07, 6.45) is -0.114. The molecule has 0 spiro atoms. The van der Waals surface area contributed by atoms with Gasteiger partial charge in [0.15, 0.2) is 5.78 Å². The molecule has 0 aromatic heterocycles. The number of carbonyl (C=O) groups is 3. The minimum absolute atomic E-state index is 0.111. The fourth-order valence-electron chi connectivity index (χ4n) is 2.16. The van der Waals surface area contributed by atoms with Crippen molar-refractivity contribution in [2.45, 2.75) is 18.9 Å². The van der Waals surface area contributed by atoms with Gasteiger partial charge in [-0.2, -0.15) is 5.26 Å². The van der Waals surface area contributed by atoms with Crippen LogP contribution in [0.15, 0.2) is 24.3 Å². The van der Waals surface area contributed by atoms with Crippen molar-refractivity contribution in [1.82, 2.24) is 4.90 Å². The molecule has 1 atom stereocenters. The number of hydrogen-bond donors (Lipinski definition) is 1. The number of benzene rings is 1. The number of hydrogen-bond acceptors (Lipinski definition) is 4. The van der Waals surface area contributed by atoms with Crippen LogP contribution in [0.25, 0.3) is 0 Å². The molecule has 20 heavy (non-hydrogen) atoms. The first-order chi connectivity index (χ1) is 9.51. The summed E-state index contributed by atoms with van der Waals surface area (Å²) in [6.45, 7) is -0.147. The summed E-state index contributed by atoms with van der Waals surface area (Å²) in [5.41, 5.74) is 1.18. The third kappa shape index (κ3) is 2.83. The first kappa shape index (κ1) is 13.7. The van der Waals surface area contributed by atoms with Crippen molar-refractivity contribution in [3.8, 4) is 6.07 Å². The lowest BCUT2D eigenvalue weighted by Crippen LogP contribution is -2.43. The van der Waals surface area contributed by atoms with Crippen molar-refractivity contribution in [3.05, 3.63) is 35.4 Å². The van der Waals surface area contributed by atoms with Crippen LogP contribution in [0.4, 0.5) is 0 Å². The molecule has 6 heteroatoms. The Morgan fingerprint density at radius 2 is 2.00 bits per heavy atom. The van der Waals surface area contributed by atoms with Crippen molar-refractivity contribution in [1.29, 1.82) is 5.26 Å². The third-order valence-corrected chi connectivity index (χ3v) is 3.19. The molecule has 102 valence electrons. The summed E-state index contributed by atoms with van der Waals surface area (Å²) >= 11 is 0. The van der Waals surface area contributed by atoms with Crippen LogP contribution < -0.4 is 0 Å². The Labute approximate surface area is 115 Å². The van der Waals surface area contributed by atoms with Crippen LogP contribution in [0.5, 0.6) is 0 Å². The van der Waals surface area contributed by atoms with Gasteiger partial charge in [0, 0.05) is 6.42 Å². The molecule has 1 aliphatic heterocycles. The largest absolute Gasteiger partial charge is 0.480 e. The summed E-state index contributed by atoms with van der Waals surface area (Å²) in [6, 6.07) is 7.40. The average molecular weight is 272 g/mol. The van der Waals surface area contributed by atoms with Crippen molar-refractivity contribution < 1.29 is 19.5 Å². The summed E-state index contributed by atoms with van der Waals surface area (Å²) in [4.78, 5) is 35.3. The Hall–Kier alpha value is -2.68. The lowest BCUT2D eigenvalue weighted by molar-refractivity contribution is -0.148. The second-order valence-electron chi connectivity index (χ2n) is 4.60. The number of nitriles is 1. The average Bonchev–Trinajstić information content (AvgIpc) is 2.75. The van der Waals surface area contributed by atoms with Crippen LogP contribution in [0.1, 0.15) is 17.5 Å². The quantitative estimate of drug-likeness (QED) is 0.798. The number of aliphatic carboxylic acids is 1. The summed E-state index contributed by atoms with van der Waals surface area (Å²) < 4.78 is 0. The predicted octanol–water partition coefficient (Wildman–Crippen LogP) is 0.355. The van der Waals surface area contributed by atoms with E-state index in [0.717, 1.165) is 4.90 Å². The lowest BCUT2D eigenvalue weighted by Gasteiger charge is -2.23. The Bertz CT molecular complexity index is 601. The van der Waals surface area contributed by atoms with Gasteiger partial charge in [-0.15, -0.1) is 0 Å². The van der Waals surface area contributed by atoms with Crippen molar-refractivity contribution in [2.75, 3.05) is 6.54 Å². The summed E-state index contributed by atoms with van der Waals surface area (Å²) in [7, 11) is 0. The summed E-state index contributed by atoms with van der Waals surface area (Å²) in [5.74, 6) is -1.85. The number of nitrogens with zero attached hydrogens (tertiary/aromatic N) is 2. The van der Waals surface area contributed by atoms with E-state index in [4.69, 9.17) is 5.26 Å². The fraction of sp³-hybridized carbons (Fsp3) is 0.286. The van der Waals surface area contributed by atoms with Gasteiger partial charge >= 0.3 is 5.97 Å². The van der Waals surface area contributed by atoms with Crippen LogP contribution in [0.3, 0.4) is 0 Å². The van der Waals surface area contributed by atoms with Crippen molar-refractivity contribution >= 4 is 17.7 Å². The van der Waals surface area contributed by atoms with E-state index < -0.39 is 17.9 Å². The zero-order chi connectivity index (χ0) is 14.7. The van der Waals surface area contributed by atoms with Gasteiger partial charge in [0.2, 0.25) is 5.91 Å².